The topological polar surface area (TPSA) is 32.8 Å². The van der Waals surface area contributed by atoms with E-state index in [-0.39, 0.29) is 11.5 Å². The zero-order valence-electron chi connectivity index (χ0n) is 20.7. The molecule has 0 N–H and O–H groups in total. The summed E-state index contributed by atoms with van der Waals surface area (Å²) < 4.78 is 5.72. The van der Waals surface area contributed by atoms with Gasteiger partial charge in [-0.05, 0) is 98.5 Å². The van der Waals surface area contributed by atoms with Crippen molar-refractivity contribution < 1.29 is 9.53 Å². The highest BCUT2D eigenvalue weighted by Crippen LogP contribution is 2.48. The van der Waals surface area contributed by atoms with Crippen molar-refractivity contribution in [3.05, 3.63) is 70.2 Å². The predicted octanol–water partition coefficient (Wildman–Crippen LogP) is 6.66. The van der Waals surface area contributed by atoms with Crippen molar-refractivity contribution in [2.24, 2.45) is 5.41 Å². The maximum Gasteiger partial charge on any atom is 0.312 e. The zero-order chi connectivity index (χ0) is 24.5. The Morgan fingerprint density at radius 2 is 1.91 bits per heavy atom. The van der Waals surface area contributed by atoms with E-state index in [0.717, 1.165) is 43.9 Å². The van der Waals surface area contributed by atoms with Crippen LogP contribution in [0.4, 0.5) is 0 Å². The van der Waals surface area contributed by atoms with Crippen LogP contribution in [0.2, 0.25) is 5.02 Å². The summed E-state index contributed by atoms with van der Waals surface area (Å²) in [6.07, 6.45) is 2.82. The lowest BCUT2D eigenvalue weighted by Crippen LogP contribution is -2.60. The molecule has 1 heterocycles. The monoisotopic (exact) mass is 594 g/mol. The van der Waals surface area contributed by atoms with Crippen molar-refractivity contribution in [3.63, 3.8) is 0 Å². The first-order valence-corrected chi connectivity index (χ1v) is 14.1. The maximum absolute atomic E-state index is 12.5. The number of carbonyl (C=O) groups is 1. The van der Waals surface area contributed by atoms with Gasteiger partial charge in [0.05, 0.1) is 5.41 Å². The summed E-state index contributed by atoms with van der Waals surface area (Å²) in [5, 5.41) is 0.810. The molecular formula is C28H36ClIN2O2. The Morgan fingerprint density at radius 1 is 1.18 bits per heavy atom. The number of halogens is 2. The summed E-state index contributed by atoms with van der Waals surface area (Å²) >= 11 is 8.57. The van der Waals surface area contributed by atoms with Gasteiger partial charge in [0.15, 0.2) is 0 Å². The lowest BCUT2D eigenvalue weighted by molar-refractivity contribution is -0.152. The third-order valence-corrected chi connectivity index (χ3v) is 8.65. The van der Waals surface area contributed by atoms with E-state index in [9.17, 15) is 4.79 Å². The van der Waals surface area contributed by atoms with Crippen LogP contribution < -0.4 is 0 Å². The molecule has 0 bridgehead atoms. The van der Waals surface area contributed by atoms with Crippen molar-refractivity contribution in [1.29, 1.82) is 0 Å². The first-order valence-electron chi connectivity index (χ1n) is 12.2. The molecule has 4 rings (SSSR count). The lowest BCUT2D eigenvalue weighted by Gasteiger charge is -2.50. The molecule has 1 aliphatic carbocycles. The molecule has 184 valence electrons. The van der Waals surface area contributed by atoms with E-state index < -0.39 is 5.41 Å². The Kier molecular flexibility index (Phi) is 7.97. The molecule has 0 aromatic heterocycles. The second kappa shape index (κ2) is 10.5. The molecule has 0 spiro atoms. The van der Waals surface area contributed by atoms with Crippen LogP contribution in [0.1, 0.15) is 68.7 Å². The highest BCUT2D eigenvalue weighted by Gasteiger charge is 2.43. The molecule has 2 aromatic rings. The molecule has 4 nitrogen and oxygen atoms in total. The van der Waals surface area contributed by atoms with Gasteiger partial charge in [-0.25, -0.2) is 0 Å². The zero-order valence-corrected chi connectivity index (χ0v) is 23.6. The number of nitrogens with zero attached hydrogens (tertiary/aromatic N) is 2. The minimum Gasteiger partial charge on any atom is -0.455 e. The van der Waals surface area contributed by atoms with Crippen LogP contribution in [-0.2, 0) is 9.53 Å². The van der Waals surface area contributed by atoms with Gasteiger partial charge >= 0.3 is 5.97 Å². The molecule has 0 radical (unpaired) electrons. The number of alkyl halides is 1. The normalized spacial score (nSPS) is 25.8. The summed E-state index contributed by atoms with van der Waals surface area (Å²) in [5.41, 5.74) is 3.66. The highest BCUT2D eigenvalue weighted by atomic mass is 127. The van der Waals surface area contributed by atoms with Crippen molar-refractivity contribution in [1.82, 2.24) is 9.80 Å². The first kappa shape index (κ1) is 25.9. The summed E-state index contributed by atoms with van der Waals surface area (Å²) in [4.78, 5) is 17.6. The summed E-state index contributed by atoms with van der Waals surface area (Å²) in [6, 6.07) is 17.6. The molecule has 0 amide bonds. The predicted molar refractivity (Wildman–Crippen MR) is 148 cm³/mol. The number of ether oxygens (including phenoxy) is 1. The van der Waals surface area contributed by atoms with Crippen LogP contribution >= 0.6 is 34.2 Å². The maximum atomic E-state index is 12.5. The fraction of sp³-hybridized carbons (Fsp3) is 0.536. The molecule has 0 saturated carbocycles. The van der Waals surface area contributed by atoms with Gasteiger partial charge in [0.1, 0.15) is 4.61 Å². The van der Waals surface area contributed by atoms with Gasteiger partial charge in [-0.15, -0.1) is 0 Å². The van der Waals surface area contributed by atoms with E-state index in [4.69, 9.17) is 16.3 Å². The molecule has 1 unspecified atom stereocenters. The third kappa shape index (κ3) is 5.32. The number of fused-ring (bicyclic) bond motifs is 1. The molecular weight excluding hydrogens is 559 g/mol. The smallest absolute Gasteiger partial charge is 0.312 e. The summed E-state index contributed by atoms with van der Waals surface area (Å²) in [6.45, 7) is 9.37. The number of piperazine rings is 1. The fourth-order valence-corrected chi connectivity index (χ4v) is 6.09. The third-order valence-electron chi connectivity index (χ3n) is 8.10. The van der Waals surface area contributed by atoms with Crippen molar-refractivity contribution >= 4 is 40.2 Å². The van der Waals surface area contributed by atoms with Crippen LogP contribution in [0.3, 0.4) is 0 Å². The van der Waals surface area contributed by atoms with Crippen LogP contribution in [0.15, 0.2) is 48.5 Å². The number of esters is 1. The number of hydrogen-bond donors (Lipinski definition) is 0. The van der Waals surface area contributed by atoms with E-state index in [0.29, 0.717) is 16.6 Å². The summed E-state index contributed by atoms with van der Waals surface area (Å²) in [7, 11) is 2.22. The number of hydrogen-bond acceptors (Lipinski definition) is 4. The molecule has 1 saturated heterocycles. The average molecular weight is 595 g/mol. The Bertz CT molecular complexity index is 1010. The van der Waals surface area contributed by atoms with E-state index in [1.54, 1.807) is 0 Å². The molecule has 1 fully saturated rings. The molecule has 2 aromatic carbocycles. The molecule has 1 aliphatic heterocycles. The van der Waals surface area contributed by atoms with Crippen molar-refractivity contribution in [3.8, 4) is 0 Å². The van der Waals surface area contributed by atoms with E-state index in [1.165, 1.54) is 16.7 Å². The minimum atomic E-state index is -0.483. The van der Waals surface area contributed by atoms with Gasteiger partial charge in [-0.3, -0.25) is 14.6 Å². The van der Waals surface area contributed by atoms with E-state index in [2.05, 4.69) is 88.8 Å². The molecule has 3 atom stereocenters. The first-order chi connectivity index (χ1) is 16.1. The largest absolute Gasteiger partial charge is 0.455 e. The van der Waals surface area contributed by atoms with Crippen molar-refractivity contribution in [2.45, 2.75) is 57.5 Å². The van der Waals surface area contributed by atoms with Crippen LogP contribution in [0.25, 0.3) is 0 Å². The Balaban J connectivity index is 1.55. The summed E-state index contributed by atoms with van der Waals surface area (Å²) in [5.74, 6) is 0.289. The highest BCUT2D eigenvalue weighted by molar-refractivity contribution is 14.1. The Hall–Kier alpha value is -1.15. The molecule has 34 heavy (non-hydrogen) atoms. The quantitative estimate of drug-likeness (QED) is 0.204. The SMILES string of the molecule is CN1CCN([C@@H]2C[C@@H](c3ccccc3)c3ccc(Cl)cc32)CC1(C)CCC(C)(C)C(=O)OCI. The Labute approximate surface area is 223 Å². The molecule has 2 aliphatic rings. The van der Waals surface area contributed by atoms with Gasteiger partial charge in [0.2, 0.25) is 0 Å². The fourth-order valence-electron chi connectivity index (χ4n) is 5.63. The minimum absolute atomic E-state index is 0.0102. The van der Waals surface area contributed by atoms with Gasteiger partial charge in [0.25, 0.3) is 0 Å². The average Bonchev–Trinajstić information content (AvgIpc) is 3.19. The van der Waals surface area contributed by atoms with Gasteiger partial charge in [0, 0.05) is 42.2 Å². The van der Waals surface area contributed by atoms with Crippen LogP contribution in [0.5, 0.6) is 0 Å². The van der Waals surface area contributed by atoms with Gasteiger partial charge in [-0.2, -0.15) is 0 Å². The van der Waals surface area contributed by atoms with E-state index >= 15 is 0 Å². The Morgan fingerprint density at radius 3 is 2.62 bits per heavy atom. The van der Waals surface area contributed by atoms with Crippen LogP contribution in [0, 0.1) is 5.41 Å². The number of rotatable bonds is 7. The number of benzene rings is 2. The van der Waals surface area contributed by atoms with Gasteiger partial charge < -0.3 is 4.74 Å². The van der Waals surface area contributed by atoms with Crippen molar-refractivity contribution in [2.75, 3.05) is 31.3 Å². The second-order valence-corrected chi connectivity index (χ2v) is 11.9. The molecule has 6 heteroatoms. The second-order valence-electron chi connectivity index (χ2n) is 10.8. The lowest BCUT2D eigenvalue weighted by atomic mass is 9.80. The van der Waals surface area contributed by atoms with E-state index in [1.807, 2.05) is 19.9 Å². The number of likely N-dealkylation sites (N-methyl/N-ethyl adjacent to an activating group) is 1. The van der Waals surface area contributed by atoms with Gasteiger partial charge in [-0.1, -0.05) is 48.0 Å². The standard InChI is InChI=1S/C28H36ClIN2O2/c1-27(2,26(33)34-19-30)12-13-28(3)18-32(15-14-31(28)4)25-17-23(20-8-6-5-7-9-20)22-11-10-21(29)16-24(22)25/h5-11,16,23,25H,12-15,17-19H2,1-4H3/t23-,25+,28?/m0/s1. The van der Waals surface area contributed by atoms with Crippen LogP contribution in [-0.4, -0.2) is 52.6 Å². The number of carbonyl (C=O) groups excluding carboxylic acids is 1.